The first-order valence-electron chi connectivity index (χ1n) is 6.61. The molecule has 5 nitrogen and oxygen atoms in total. The first-order valence-corrected chi connectivity index (χ1v) is 6.61. The summed E-state index contributed by atoms with van der Waals surface area (Å²) in [5.41, 5.74) is 7.07. The maximum atomic E-state index is 10.9. The van der Waals surface area contributed by atoms with Crippen LogP contribution in [0.15, 0.2) is 18.2 Å². The van der Waals surface area contributed by atoms with Crippen LogP contribution in [0.4, 0.5) is 11.4 Å². The Morgan fingerprint density at radius 1 is 1.58 bits per heavy atom. The molecule has 4 N–H and O–H groups in total. The van der Waals surface area contributed by atoms with Crippen LogP contribution in [0.1, 0.15) is 23.2 Å². The minimum Gasteiger partial charge on any atom is -0.478 e. The molecule has 0 saturated carbocycles. The number of nitrogen functional groups attached to an aromatic ring is 1. The van der Waals surface area contributed by atoms with Crippen molar-refractivity contribution in [3.05, 3.63) is 23.8 Å². The number of nitrogens with zero attached hydrogens (tertiary/aromatic N) is 1. The molecule has 0 bridgehead atoms. The van der Waals surface area contributed by atoms with E-state index in [-0.39, 0.29) is 5.56 Å². The lowest BCUT2D eigenvalue weighted by molar-refractivity contribution is 0.0698. The summed E-state index contributed by atoms with van der Waals surface area (Å²) >= 11 is 0. The summed E-state index contributed by atoms with van der Waals surface area (Å²) in [7, 11) is 2.14. The molecule has 1 saturated heterocycles. The lowest BCUT2D eigenvalue weighted by Gasteiger charge is -2.30. The molecule has 5 heteroatoms. The summed E-state index contributed by atoms with van der Waals surface area (Å²) in [5.74, 6) is -0.350. The Morgan fingerprint density at radius 2 is 2.37 bits per heavy atom. The number of nitrogens with two attached hydrogens (primary N) is 1. The molecular weight excluding hydrogens is 242 g/mol. The van der Waals surface area contributed by atoms with Crippen LogP contribution < -0.4 is 11.1 Å². The number of carbonyl (C=O) groups is 1. The van der Waals surface area contributed by atoms with Crippen LogP contribution in [-0.2, 0) is 0 Å². The highest BCUT2D eigenvalue weighted by atomic mass is 16.4. The van der Waals surface area contributed by atoms with E-state index in [1.807, 2.05) is 0 Å². The number of carboxylic acids is 1. The zero-order valence-corrected chi connectivity index (χ0v) is 11.2. The van der Waals surface area contributed by atoms with Gasteiger partial charge in [-0.2, -0.15) is 0 Å². The molecule has 1 aromatic rings. The van der Waals surface area contributed by atoms with Crippen molar-refractivity contribution < 1.29 is 9.90 Å². The van der Waals surface area contributed by atoms with Crippen LogP contribution in [0.5, 0.6) is 0 Å². The summed E-state index contributed by atoms with van der Waals surface area (Å²) in [5, 5.41) is 12.3. The van der Waals surface area contributed by atoms with Gasteiger partial charge >= 0.3 is 5.97 Å². The Hall–Kier alpha value is -1.75. The number of hydrogen-bond donors (Lipinski definition) is 3. The van der Waals surface area contributed by atoms with E-state index < -0.39 is 5.97 Å². The molecule has 1 heterocycles. The first kappa shape index (κ1) is 13.7. The minimum absolute atomic E-state index is 0.156. The molecule has 1 aromatic carbocycles. The molecule has 1 atom stereocenters. The second-order valence-electron chi connectivity index (χ2n) is 5.26. The standard InChI is InChI=1S/C14H21N3O2/c1-17-6-2-3-10(9-17)8-16-11-4-5-12(14(18)19)13(15)7-11/h4-5,7,10,16H,2-3,6,8-9,15H2,1H3,(H,18,19). The van der Waals surface area contributed by atoms with Crippen LogP contribution in [0, 0.1) is 5.92 Å². The zero-order chi connectivity index (χ0) is 13.8. The summed E-state index contributed by atoms with van der Waals surface area (Å²) < 4.78 is 0. The minimum atomic E-state index is -0.988. The van der Waals surface area contributed by atoms with Gasteiger partial charge in [0.25, 0.3) is 0 Å². The van der Waals surface area contributed by atoms with Gasteiger partial charge in [0, 0.05) is 24.5 Å². The third kappa shape index (κ3) is 3.61. The van der Waals surface area contributed by atoms with Gasteiger partial charge in [-0.15, -0.1) is 0 Å². The maximum absolute atomic E-state index is 10.9. The number of carboxylic acid groups (broad SMARTS) is 1. The number of nitrogens with one attached hydrogen (secondary N) is 1. The highest BCUT2D eigenvalue weighted by molar-refractivity contribution is 5.94. The summed E-state index contributed by atoms with van der Waals surface area (Å²) in [6, 6.07) is 5.01. The number of anilines is 2. The van der Waals surface area contributed by atoms with Crippen molar-refractivity contribution in [3.8, 4) is 0 Å². The molecule has 19 heavy (non-hydrogen) atoms. The fourth-order valence-corrected chi connectivity index (χ4v) is 2.57. The molecule has 1 unspecified atom stereocenters. The van der Waals surface area contributed by atoms with E-state index >= 15 is 0 Å². The molecule has 0 amide bonds. The Balaban J connectivity index is 1.92. The molecule has 0 aromatic heterocycles. The zero-order valence-electron chi connectivity index (χ0n) is 11.2. The fourth-order valence-electron chi connectivity index (χ4n) is 2.57. The van der Waals surface area contributed by atoms with E-state index in [1.165, 1.54) is 19.4 Å². The number of hydrogen-bond acceptors (Lipinski definition) is 4. The van der Waals surface area contributed by atoms with E-state index in [0.29, 0.717) is 11.6 Å². The van der Waals surface area contributed by atoms with Gasteiger partial charge < -0.3 is 21.1 Å². The summed E-state index contributed by atoms with van der Waals surface area (Å²) in [6.45, 7) is 3.18. The Kier molecular flexibility index (Phi) is 4.27. The quantitative estimate of drug-likeness (QED) is 0.721. The molecule has 1 fully saturated rings. The Morgan fingerprint density at radius 3 is 3.00 bits per heavy atom. The van der Waals surface area contributed by atoms with Crippen molar-refractivity contribution in [1.82, 2.24) is 4.90 Å². The number of piperidine rings is 1. The SMILES string of the molecule is CN1CCCC(CNc2ccc(C(=O)O)c(N)c2)C1. The van der Waals surface area contributed by atoms with E-state index in [2.05, 4.69) is 17.3 Å². The number of likely N-dealkylation sites (tertiary alicyclic amines) is 1. The van der Waals surface area contributed by atoms with Gasteiger partial charge in [-0.3, -0.25) is 0 Å². The van der Waals surface area contributed by atoms with Crippen LogP contribution >= 0.6 is 0 Å². The van der Waals surface area contributed by atoms with Gasteiger partial charge in [0.1, 0.15) is 0 Å². The van der Waals surface area contributed by atoms with Crippen LogP contribution in [0.2, 0.25) is 0 Å². The number of benzene rings is 1. The average molecular weight is 263 g/mol. The van der Waals surface area contributed by atoms with E-state index in [0.717, 1.165) is 18.8 Å². The van der Waals surface area contributed by atoms with E-state index in [4.69, 9.17) is 10.8 Å². The van der Waals surface area contributed by atoms with Gasteiger partial charge in [-0.1, -0.05) is 0 Å². The predicted octanol–water partition coefficient (Wildman–Crippen LogP) is 1.72. The third-order valence-electron chi connectivity index (χ3n) is 3.60. The second kappa shape index (κ2) is 5.93. The van der Waals surface area contributed by atoms with Crippen LogP contribution in [-0.4, -0.2) is 42.7 Å². The molecule has 0 aliphatic carbocycles. The molecule has 1 aliphatic heterocycles. The van der Waals surface area contributed by atoms with E-state index in [9.17, 15) is 4.79 Å². The smallest absolute Gasteiger partial charge is 0.337 e. The van der Waals surface area contributed by atoms with Crippen molar-refractivity contribution >= 4 is 17.3 Å². The van der Waals surface area contributed by atoms with Gasteiger partial charge in [0.2, 0.25) is 0 Å². The van der Waals surface area contributed by atoms with Crippen molar-refractivity contribution in [3.63, 3.8) is 0 Å². The monoisotopic (exact) mass is 263 g/mol. The highest BCUT2D eigenvalue weighted by Crippen LogP contribution is 2.20. The molecular formula is C14H21N3O2. The van der Waals surface area contributed by atoms with Gasteiger partial charge in [0.05, 0.1) is 5.56 Å². The molecule has 2 rings (SSSR count). The van der Waals surface area contributed by atoms with Crippen molar-refractivity contribution in [2.75, 3.05) is 37.7 Å². The van der Waals surface area contributed by atoms with Gasteiger partial charge in [0.15, 0.2) is 0 Å². The lowest BCUT2D eigenvalue weighted by atomic mass is 9.98. The topological polar surface area (TPSA) is 78.6 Å². The Labute approximate surface area is 113 Å². The average Bonchev–Trinajstić information content (AvgIpc) is 2.36. The molecule has 104 valence electrons. The third-order valence-corrected chi connectivity index (χ3v) is 3.60. The molecule has 0 spiro atoms. The predicted molar refractivity (Wildman–Crippen MR) is 76.5 cm³/mol. The van der Waals surface area contributed by atoms with Crippen molar-refractivity contribution in [2.24, 2.45) is 5.92 Å². The van der Waals surface area contributed by atoms with E-state index in [1.54, 1.807) is 18.2 Å². The Bertz CT molecular complexity index is 462. The highest BCUT2D eigenvalue weighted by Gasteiger charge is 2.17. The van der Waals surface area contributed by atoms with Crippen molar-refractivity contribution in [2.45, 2.75) is 12.8 Å². The summed E-state index contributed by atoms with van der Waals surface area (Å²) in [6.07, 6.45) is 2.48. The largest absolute Gasteiger partial charge is 0.478 e. The number of rotatable bonds is 4. The normalized spacial score (nSPS) is 20.2. The van der Waals surface area contributed by atoms with Crippen LogP contribution in [0.25, 0.3) is 0 Å². The molecule has 0 radical (unpaired) electrons. The van der Waals surface area contributed by atoms with Gasteiger partial charge in [-0.25, -0.2) is 4.79 Å². The van der Waals surface area contributed by atoms with Crippen molar-refractivity contribution in [1.29, 1.82) is 0 Å². The first-order chi connectivity index (χ1) is 9.06. The van der Waals surface area contributed by atoms with Gasteiger partial charge in [-0.05, 0) is 50.6 Å². The molecule has 1 aliphatic rings. The second-order valence-corrected chi connectivity index (χ2v) is 5.26. The van der Waals surface area contributed by atoms with Crippen LogP contribution in [0.3, 0.4) is 0 Å². The summed E-state index contributed by atoms with van der Waals surface area (Å²) in [4.78, 5) is 13.2. The number of aromatic carboxylic acids is 1. The fraction of sp³-hybridized carbons (Fsp3) is 0.500. The lowest BCUT2D eigenvalue weighted by Crippen LogP contribution is -2.35. The maximum Gasteiger partial charge on any atom is 0.337 e.